The van der Waals surface area contributed by atoms with Crippen molar-refractivity contribution in [1.29, 1.82) is 0 Å². The number of ether oxygens (including phenoxy) is 1. The molecular weight excluding hydrogens is 698 g/mol. The molecule has 0 saturated heterocycles. The number of nitrogens with two attached hydrogens (primary N) is 4. The summed E-state index contributed by atoms with van der Waals surface area (Å²) >= 11 is 0. The van der Waals surface area contributed by atoms with E-state index in [2.05, 4.69) is 20.6 Å². The molecule has 2 heterocycles. The first-order valence-corrected chi connectivity index (χ1v) is 15.0. The van der Waals surface area contributed by atoms with Gasteiger partial charge in [-0.1, -0.05) is 0 Å². The monoisotopic (exact) mass is 736 g/mol. The van der Waals surface area contributed by atoms with Crippen LogP contribution < -0.4 is 33.6 Å². The highest BCUT2D eigenvalue weighted by Crippen LogP contribution is 2.24. The van der Waals surface area contributed by atoms with Crippen LogP contribution in [0.25, 0.3) is 11.6 Å². The first kappa shape index (κ1) is 41.9. The molecule has 0 spiro atoms. The van der Waals surface area contributed by atoms with Gasteiger partial charge >= 0.3 is 11.9 Å². The third-order valence-electron chi connectivity index (χ3n) is 6.66. The number of anilines is 2. The number of allylic oxidation sites excluding steroid dienone is 6. The summed E-state index contributed by atoms with van der Waals surface area (Å²) in [5.41, 5.74) is 22.2. The number of carbonyl (C=O) groups is 4. The van der Waals surface area contributed by atoms with Gasteiger partial charge in [-0.25, -0.2) is 28.3 Å². The zero-order valence-corrected chi connectivity index (χ0v) is 28.4. The highest BCUT2D eigenvalue weighted by molar-refractivity contribution is 5.95. The van der Waals surface area contributed by atoms with Crippen molar-refractivity contribution in [3.63, 3.8) is 0 Å². The van der Waals surface area contributed by atoms with Crippen LogP contribution in [0.3, 0.4) is 0 Å². The van der Waals surface area contributed by atoms with Gasteiger partial charge in [-0.05, 0) is 48.6 Å². The molecule has 19 heteroatoms. The Bertz CT molecular complexity index is 1850. The van der Waals surface area contributed by atoms with Crippen LogP contribution in [-0.4, -0.2) is 67.9 Å². The third kappa shape index (κ3) is 13.2. The number of carboxylic acids is 2. The second-order valence-electron chi connectivity index (χ2n) is 10.3. The van der Waals surface area contributed by atoms with Crippen LogP contribution in [0.4, 0.5) is 20.2 Å². The first-order chi connectivity index (χ1) is 25.3. The Labute approximate surface area is 301 Å². The normalized spacial score (nSPS) is 11.7. The molecule has 0 aliphatic rings. The van der Waals surface area contributed by atoms with Gasteiger partial charge in [0.05, 0.1) is 35.7 Å². The Morgan fingerprint density at radius 3 is 1.38 bits per heavy atom. The number of nitrogens with zero attached hydrogens (tertiary/aromatic N) is 4. The lowest BCUT2D eigenvalue weighted by atomic mass is 10.1. The van der Waals surface area contributed by atoms with Gasteiger partial charge in [0, 0.05) is 61.4 Å². The molecule has 4 rings (SSSR count). The van der Waals surface area contributed by atoms with Crippen LogP contribution in [0.15, 0.2) is 97.4 Å². The highest BCUT2D eigenvalue weighted by atomic mass is 19.1. The van der Waals surface area contributed by atoms with E-state index in [1.807, 2.05) is 0 Å². The summed E-state index contributed by atoms with van der Waals surface area (Å²) in [6.45, 7) is -0.454. The molecule has 2 aromatic carbocycles. The Morgan fingerprint density at radius 1 is 0.717 bits per heavy atom. The molecule has 0 unspecified atom stereocenters. The molecule has 0 amide bonds. The van der Waals surface area contributed by atoms with E-state index in [-0.39, 0.29) is 58.2 Å². The number of aromatic nitrogens is 4. The fourth-order valence-electron chi connectivity index (χ4n) is 3.93. The summed E-state index contributed by atoms with van der Waals surface area (Å²) in [5.74, 6) is -3.17. The van der Waals surface area contributed by atoms with Crippen LogP contribution >= 0.6 is 0 Å². The minimum absolute atomic E-state index is 0.0979. The summed E-state index contributed by atoms with van der Waals surface area (Å²) in [7, 11) is 3.01. The smallest absolute Gasteiger partial charge is 0.337 e. The SMILES string of the molecule is CNc1cc(COCc2cc(NC)c(C(=O)O)cc2F)c(F)cc1C(=O)O.N/C(C=O)=C\C=C(/N)n1ccnc1.N/C(C=O)=C\C=C(/N)n1ccnc1. The quantitative estimate of drug-likeness (QED) is 0.0524. The van der Waals surface area contributed by atoms with Gasteiger partial charge in [0.25, 0.3) is 0 Å². The van der Waals surface area contributed by atoms with Crippen LogP contribution in [0.1, 0.15) is 31.8 Å². The number of rotatable bonds is 14. The van der Waals surface area contributed by atoms with Gasteiger partial charge in [0.15, 0.2) is 12.6 Å². The standard InChI is InChI=1S/C18H18F2N2O5.2C8H10N4O/c1-21-15-3-9(13(19)5-11(15)17(23)24)7-27-8-10-4-16(22-2)12(18(25)26)6-14(10)20;2*9-7(5-13)1-2-8(10)12-4-3-11-6-12/h3-6,21-22H,7-8H2,1-2H3,(H,23,24)(H,25,26);2*1-6H,9-10H2/b;2*7-1-,8-2+. The largest absolute Gasteiger partial charge is 0.478 e. The molecule has 0 aliphatic heterocycles. The molecule has 4 aromatic rings. The van der Waals surface area contributed by atoms with E-state index in [0.717, 1.165) is 12.1 Å². The average molecular weight is 737 g/mol. The summed E-state index contributed by atoms with van der Waals surface area (Å²) in [4.78, 5) is 50.0. The minimum atomic E-state index is -1.27. The number of imidazole rings is 2. The summed E-state index contributed by atoms with van der Waals surface area (Å²) in [5, 5.41) is 23.4. The molecule has 53 heavy (non-hydrogen) atoms. The van der Waals surface area contributed by atoms with Gasteiger partial charge < -0.3 is 48.5 Å². The van der Waals surface area contributed by atoms with E-state index in [4.69, 9.17) is 37.9 Å². The van der Waals surface area contributed by atoms with Gasteiger partial charge in [-0.15, -0.1) is 0 Å². The van der Waals surface area contributed by atoms with Crippen molar-refractivity contribution in [3.05, 3.63) is 131 Å². The molecule has 17 nitrogen and oxygen atoms in total. The van der Waals surface area contributed by atoms with E-state index in [0.29, 0.717) is 24.2 Å². The topological polar surface area (TPSA) is 282 Å². The maximum atomic E-state index is 14.1. The molecule has 12 N–H and O–H groups in total. The predicted octanol–water partition coefficient (Wildman–Crippen LogP) is 2.52. The lowest BCUT2D eigenvalue weighted by molar-refractivity contribution is -0.105. The third-order valence-corrected chi connectivity index (χ3v) is 6.66. The fraction of sp³-hybridized carbons (Fsp3) is 0.118. The molecule has 0 fully saturated rings. The van der Waals surface area contributed by atoms with Crippen LogP contribution in [0, 0.1) is 11.6 Å². The highest BCUT2D eigenvalue weighted by Gasteiger charge is 2.17. The molecule has 0 bridgehead atoms. The zero-order valence-electron chi connectivity index (χ0n) is 28.4. The van der Waals surface area contributed by atoms with Crippen LogP contribution in [0.5, 0.6) is 0 Å². The molecular formula is C34H38F2N10O7. The molecule has 0 atom stereocenters. The fourth-order valence-corrected chi connectivity index (χ4v) is 3.93. The number of aldehydes is 2. The van der Waals surface area contributed by atoms with Gasteiger partial charge in [-0.3, -0.25) is 18.7 Å². The number of hydrogen-bond donors (Lipinski definition) is 8. The van der Waals surface area contributed by atoms with E-state index < -0.39 is 23.6 Å². The van der Waals surface area contributed by atoms with Crippen molar-refractivity contribution >= 4 is 47.5 Å². The molecule has 280 valence electrons. The molecule has 0 radical (unpaired) electrons. The number of halogens is 2. The number of hydrogen-bond acceptors (Lipinski definition) is 13. The Balaban J connectivity index is 0.000000311. The number of aromatic carboxylic acids is 2. The lowest BCUT2D eigenvalue weighted by Gasteiger charge is -2.12. The van der Waals surface area contributed by atoms with Crippen molar-refractivity contribution in [2.45, 2.75) is 13.2 Å². The van der Waals surface area contributed by atoms with Crippen molar-refractivity contribution in [1.82, 2.24) is 19.1 Å². The predicted molar refractivity (Wildman–Crippen MR) is 192 cm³/mol. The number of benzene rings is 2. The van der Waals surface area contributed by atoms with Crippen LogP contribution in [-0.2, 0) is 27.5 Å². The first-order valence-electron chi connectivity index (χ1n) is 15.0. The molecule has 0 saturated carbocycles. The summed E-state index contributed by atoms with van der Waals surface area (Å²) < 4.78 is 36.7. The summed E-state index contributed by atoms with van der Waals surface area (Å²) in [6, 6.07) is 4.38. The number of carboxylic acid groups (broad SMARTS) is 2. The van der Waals surface area contributed by atoms with Crippen LogP contribution in [0.2, 0.25) is 0 Å². The number of nitrogens with one attached hydrogen (secondary N) is 2. The van der Waals surface area contributed by atoms with E-state index >= 15 is 0 Å². The van der Waals surface area contributed by atoms with E-state index in [1.54, 1.807) is 46.6 Å². The second kappa shape index (κ2) is 21.1. The Kier molecular flexibility index (Phi) is 16.6. The van der Waals surface area contributed by atoms with Gasteiger partial charge in [0.2, 0.25) is 0 Å². The maximum absolute atomic E-state index is 14.1. The number of carbonyl (C=O) groups excluding carboxylic acids is 2. The minimum Gasteiger partial charge on any atom is -0.478 e. The Hall–Kier alpha value is -7.28. The van der Waals surface area contributed by atoms with Gasteiger partial charge in [-0.2, -0.15) is 0 Å². The van der Waals surface area contributed by atoms with E-state index in [1.165, 1.54) is 50.5 Å². The maximum Gasteiger partial charge on any atom is 0.337 e. The van der Waals surface area contributed by atoms with Crippen molar-refractivity contribution in [3.8, 4) is 0 Å². The van der Waals surface area contributed by atoms with Crippen molar-refractivity contribution in [2.24, 2.45) is 22.9 Å². The van der Waals surface area contributed by atoms with E-state index in [9.17, 15) is 28.0 Å². The summed E-state index contributed by atoms with van der Waals surface area (Å²) in [6.07, 6.45) is 16.7. The van der Waals surface area contributed by atoms with Crippen molar-refractivity contribution < 1.29 is 42.9 Å². The average Bonchev–Trinajstić information content (AvgIpc) is 3.90. The lowest BCUT2D eigenvalue weighted by Crippen LogP contribution is -2.08. The second-order valence-corrected chi connectivity index (χ2v) is 10.3. The Morgan fingerprint density at radius 2 is 1.09 bits per heavy atom. The molecule has 0 aliphatic carbocycles. The van der Waals surface area contributed by atoms with Crippen molar-refractivity contribution in [2.75, 3.05) is 24.7 Å². The molecule has 2 aromatic heterocycles. The zero-order chi connectivity index (χ0) is 39.5. The van der Waals surface area contributed by atoms with Gasteiger partial charge in [0.1, 0.15) is 35.9 Å².